The van der Waals surface area contributed by atoms with E-state index in [-0.39, 0.29) is 35.8 Å². The second kappa shape index (κ2) is 12.3. The van der Waals surface area contributed by atoms with Crippen molar-refractivity contribution in [2.24, 2.45) is 4.99 Å². The van der Waals surface area contributed by atoms with Gasteiger partial charge in [-0.3, -0.25) is 0 Å². The molecule has 0 saturated carbocycles. The van der Waals surface area contributed by atoms with Gasteiger partial charge in [0.15, 0.2) is 5.96 Å². The molecule has 2 aromatic carbocycles. The van der Waals surface area contributed by atoms with Gasteiger partial charge in [0, 0.05) is 17.7 Å². The molecule has 0 heterocycles. The predicted octanol–water partition coefficient (Wildman–Crippen LogP) is 3.85. The Morgan fingerprint density at radius 1 is 1.03 bits per heavy atom. The number of phenolic OH excluding ortho intramolecular Hbond substituents is 1. The number of halogens is 1. The molecule has 1 unspecified atom stereocenters. The number of rotatable bonds is 8. The third kappa shape index (κ3) is 6.88. The standard InChI is InChI=1S/C21H29N3O4.HI/c1-6-22-21(23-13-15-11-16(26-3)7-9-19(15)25)24-14(2)18-12-17(27-4)8-10-20(18)28-5;/h7-12,14,25H,6,13H2,1-5H3,(H2,22,23,24);1H. The van der Waals surface area contributed by atoms with E-state index in [0.29, 0.717) is 30.4 Å². The van der Waals surface area contributed by atoms with Crippen LogP contribution in [0, 0.1) is 0 Å². The van der Waals surface area contributed by atoms with Gasteiger partial charge < -0.3 is 30.0 Å². The van der Waals surface area contributed by atoms with Crippen molar-refractivity contribution in [3.8, 4) is 23.0 Å². The number of aliphatic imine (C=N–C) groups is 1. The van der Waals surface area contributed by atoms with Gasteiger partial charge in [-0.05, 0) is 50.2 Å². The summed E-state index contributed by atoms with van der Waals surface area (Å²) >= 11 is 0. The molecule has 0 aliphatic carbocycles. The van der Waals surface area contributed by atoms with Crippen LogP contribution < -0.4 is 24.8 Å². The van der Waals surface area contributed by atoms with Gasteiger partial charge in [0.2, 0.25) is 0 Å². The molecule has 0 bridgehead atoms. The zero-order chi connectivity index (χ0) is 20.5. The Balaban J connectivity index is 0.00000420. The van der Waals surface area contributed by atoms with E-state index in [1.807, 2.05) is 32.0 Å². The molecule has 3 N–H and O–H groups in total. The van der Waals surface area contributed by atoms with E-state index in [4.69, 9.17) is 14.2 Å². The first kappa shape index (κ1) is 24.7. The average Bonchev–Trinajstić information content (AvgIpc) is 2.72. The van der Waals surface area contributed by atoms with E-state index in [2.05, 4.69) is 15.6 Å². The summed E-state index contributed by atoms with van der Waals surface area (Å²) in [5.41, 5.74) is 1.64. The maximum atomic E-state index is 10.1. The third-order valence-corrected chi connectivity index (χ3v) is 4.29. The van der Waals surface area contributed by atoms with Crippen molar-refractivity contribution in [3.05, 3.63) is 47.5 Å². The van der Waals surface area contributed by atoms with E-state index >= 15 is 0 Å². The second-order valence-electron chi connectivity index (χ2n) is 6.16. The molecule has 7 nitrogen and oxygen atoms in total. The highest BCUT2D eigenvalue weighted by Gasteiger charge is 2.14. The topological polar surface area (TPSA) is 84.3 Å². The van der Waals surface area contributed by atoms with E-state index in [1.165, 1.54) is 0 Å². The van der Waals surface area contributed by atoms with Gasteiger partial charge in [-0.25, -0.2) is 4.99 Å². The minimum absolute atomic E-state index is 0. The second-order valence-corrected chi connectivity index (χ2v) is 6.16. The Hall–Kier alpha value is -2.36. The number of nitrogens with zero attached hydrogens (tertiary/aromatic N) is 1. The molecule has 0 radical (unpaired) electrons. The first-order chi connectivity index (χ1) is 13.5. The SMILES string of the molecule is CCNC(=NCc1cc(OC)ccc1O)NC(C)c1cc(OC)ccc1OC.I. The van der Waals surface area contributed by atoms with Gasteiger partial charge in [-0.15, -0.1) is 24.0 Å². The number of hydrogen-bond donors (Lipinski definition) is 3. The molecule has 160 valence electrons. The lowest BCUT2D eigenvalue weighted by Gasteiger charge is -2.21. The molecule has 0 spiro atoms. The molecule has 29 heavy (non-hydrogen) atoms. The number of ether oxygens (including phenoxy) is 3. The molecule has 0 aromatic heterocycles. The monoisotopic (exact) mass is 515 g/mol. The highest BCUT2D eigenvalue weighted by atomic mass is 127. The maximum absolute atomic E-state index is 10.1. The minimum atomic E-state index is -0.0817. The van der Waals surface area contributed by atoms with Gasteiger partial charge in [0.05, 0.1) is 33.9 Å². The van der Waals surface area contributed by atoms with Gasteiger partial charge in [0.1, 0.15) is 23.0 Å². The Labute approximate surface area is 189 Å². The Kier molecular flexibility index (Phi) is 10.4. The summed E-state index contributed by atoms with van der Waals surface area (Å²) in [4.78, 5) is 4.59. The molecular formula is C21H30IN3O4. The summed E-state index contributed by atoms with van der Waals surface area (Å²) in [5, 5.41) is 16.7. The van der Waals surface area contributed by atoms with Crippen LogP contribution in [0.5, 0.6) is 23.0 Å². The predicted molar refractivity (Wildman–Crippen MR) is 126 cm³/mol. The van der Waals surface area contributed by atoms with Gasteiger partial charge in [0.25, 0.3) is 0 Å². The minimum Gasteiger partial charge on any atom is -0.508 e. The van der Waals surface area contributed by atoms with Crippen LogP contribution in [0.1, 0.15) is 31.0 Å². The van der Waals surface area contributed by atoms with E-state index in [9.17, 15) is 5.11 Å². The summed E-state index contributed by atoms with van der Waals surface area (Å²) < 4.78 is 16.0. The molecule has 0 saturated heterocycles. The lowest BCUT2D eigenvalue weighted by Crippen LogP contribution is -2.38. The number of guanidine groups is 1. The molecule has 1 atom stereocenters. The van der Waals surface area contributed by atoms with Crippen molar-refractivity contribution >= 4 is 29.9 Å². The molecule has 0 fully saturated rings. The van der Waals surface area contributed by atoms with Crippen LogP contribution in [0.3, 0.4) is 0 Å². The van der Waals surface area contributed by atoms with Crippen LogP contribution in [0.25, 0.3) is 0 Å². The summed E-state index contributed by atoms with van der Waals surface area (Å²) in [6.07, 6.45) is 0. The van der Waals surface area contributed by atoms with Gasteiger partial charge >= 0.3 is 0 Å². The van der Waals surface area contributed by atoms with E-state index in [1.54, 1.807) is 39.5 Å². The number of benzene rings is 2. The molecule has 0 amide bonds. The van der Waals surface area contributed by atoms with E-state index in [0.717, 1.165) is 17.1 Å². The third-order valence-electron chi connectivity index (χ3n) is 4.29. The summed E-state index contributed by atoms with van der Waals surface area (Å²) in [5.74, 6) is 3.01. The fourth-order valence-electron chi connectivity index (χ4n) is 2.76. The van der Waals surface area contributed by atoms with Gasteiger partial charge in [-0.2, -0.15) is 0 Å². The lowest BCUT2D eigenvalue weighted by atomic mass is 10.1. The molecule has 0 aliphatic heterocycles. The van der Waals surface area contributed by atoms with Crippen molar-refractivity contribution in [1.29, 1.82) is 0 Å². The smallest absolute Gasteiger partial charge is 0.192 e. The zero-order valence-electron chi connectivity index (χ0n) is 17.5. The van der Waals surface area contributed by atoms with Crippen LogP contribution >= 0.6 is 24.0 Å². The first-order valence-corrected chi connectivity index (χ1v) is 9.15. The van der Waals surface area contributed by atoms with Crippen molar-refractivity contribution in [1.82, 2.24) is 10.6 Å². The molecule has 8 heteroatoms. The maximum Gasteiger partial charge on any atom is 0.192 e. The van der Waals surface area contributed by atoms with Crippen molar-refractivity contribution in [3.63, 3.8) is 0 Å². The molecule has 2 rings (SSSR count). The molecule has 0 aliphatic rings. The van der Waals surface area contributed by atoms with Crippen molar-refractivity contribution < 1.29 is 19.3 Å². The quantitative estimate of drug-likeness (QED) is 0.282. The Bertz CT molecular complexity index is 815. The molecule has 2 aromatic rings. The Morgan fingerprint density at radius 3 is 2.31 bits per heavy atom. The highest BCUT2D eigenvalue weighted by molar-refractivity contribution is 14.0. The number of aromatic hydroxyl groups is 1. The summed E-state index contributed by atoms with van der Waals surface area (Å²) in [7, 11) is 4.87. The van der Waals surface area contributed by atoms with Crippen molar-refractivity contribution in [2.45, 2.75) is 26.4 Å². The number of phenols is 1. The van der Waals surface area contributed by atoms with Crippen LogP contribution in [0.4, 0.5) is 0 Å². The summed E-state index contributed by atoms with van der Waals surface area (Å²) in [6.45, 7) is 5.03. The zero-order valence-corrected chi connectivity index (χ0v) is 19.8. The normalized spacial score (nSPS) is 11.8. The fraction of sp³-hybridized carbons (Fsp3) is 0.381. The van der Waals surface area contributed by atoms with Crippen LogP contribution in [0.15, 0.2) is 41.4 Å². The van der Waals surface area contributed by atoms with Crippen LogP contribution in [-0.2, 0) is 6.54 Å². The van der Waals surface area contributed by atoms with Crippen LogP contribution in [-0.4, -0.2) is 38.9 Å². The van der Waals surface area contributed by atoms with Gasteiger partial charge in [-0.1, -0.05) is 0 Å². The number of hydrogen-bond acceptors (Lipinski definition) is 5. The Morgan fingerprint density at radius 2 is 1.69 bits per heavy atom. The highest BCUT2D eigenvalue weighted by Crippen LogP contribution is 2.29. The first-order valence-electron chi connectivity index (χ1n) is 9.15. The van der Waals surface area contributed by atoms with Crippen molar-refractivity contribution in [2.75, 3.05) is 27.9 Å². The van der Waals surface area contributed by atoms with Crippen LogP contribution in [0.2, 0.25) is 0 Å². The van der Waals surface area contributed by atoms with E-state index < -0.39 is 0 Å². The number of nitrogens with one attached hydrogen (secondary N) is 2. The molecular weight excluding hydrogens is 485 g/mol. The number of methoxy groups -OCH3 is 3. The average molecular weight is 515 g/mol. The lowest BCUT2D eigenvalue weighted by molar-refractivity contribution is 0.394. The largest absolute Gasteiger partial charge is 0.508 e. The summed E-state index contributed by atoms with van der Waals surface area (Å²) in [6, 6.07) is 10.7. The fourth-order valence-corrected chi connectivity index (χ4v) is 2.76.